The van der Waals surface area contributed by atoms with Gasteiger partial charge in [0.05, 0.1) is 9.79 Å². The Hall–Kier alpha value is -7.96. The van der Waals surface area contributed by atoms with Crippen LogP contribution in [0, 0.1) is 6.92 Å². The van der Waals surface area contributed by atoms with Crippen LogP contribution in [0.25, 0.3) is 21.5 Å². The molecule has 0 fully saturated rings. The van der Waals surface area contributed by atoms with Crippen LogP contribution in [-0.4, -0.2) is 41.0 Å². The van der Waals surface area contributed by atoms with E-state index in [-0.39, 0.29) is 32.5 Å². The molecule has 0 aromatic heterocycles. The van der Waals surface area contributed by atoms with Gasteiger partial charge in [-0.1, -0.05) is 78.9 Å². The zero-order chi connectivity index (χ0) is 43.1. The molecular formula is C43H36N8O8S2. The fraction of sp³-hybridized carbons (Fsp3) is 0.0233. The maximum Gasteiger partial charge on any atom is 0.333 e. The summed E-state index contributed by atoms with van der Waals surface area (Å²) in [6.45, 7) is 1.61. The van der Waals surface area contributed by atoms with Crippen LogP contribution in [-0.2, 0) is 20.0 Å². The van der Waals surface area contributed by atoms with Crippen molar-refractivity contribution in [2.24, 2.45) is 0 Å². The number of fused-ring (bicyclic) bond motifs is 2. The highest BCUT2D eigenvalue weighted by Gasteiger charge is 2.21. The number of urea groups is 4. The summed E-state index contributed by atoms with van der Waals surface area (Å²) >= 11 is 0. The summed E-state index contributed by atoms with van der Waals surface area (Å²) in [5.74, 6) is 0. The average molecular weight is 857 g/mol. The van der Waals surface area contributed by atoms with Gasteiger partial charge in [-0.2, -0.15) is 0 Å². The van der Waals surface area contributed by atoms with Crippen molar-refractivity contribution in [2.45, 2.75) is 16.7 Å². The van der Waals surface area contributed by atoms with E-state index < -0.39 is 44.2 Å². The molecule has 0 aliphatic carbocycles. The van der Waals surface area contributed by atoms with Crippen LogP contribution in [0.15, 0.2) is 161 Å². The third-order valence-electron chi connectivity index (χ3n) is 9.02. The summed E-state index contributed by atoms with van der Waals surface area (Å²) in [5.41, 5.74) is 1.95. The Bertz CT molecular complexity index is 3090. The summed E-state index contributed by atoms with van der Waals surface area (Å²) in [7, 11) is -8.89. The first-order chi connectivity index (χ1) is 29.2. The molecule has 308 valence electrons. The van der Waals surface area contributed by atoms with Gasteiger partial charge in [0.15, 0.2) is 0 Å². The Kier molecular flexibility index (Phi) is 11.8. The van der Waals surface area contributed by atoms with Crippen LogP contribution in [0.4, 0.5) is 53.3 Å². The van der Waals surface area contributed by atoms with E-state index in [2.05, 4.69) is 31.9 Å². The molecule has 0 unspecified atom stereocenters. The molecule has 7 aromatic rings. The molecule has 7 rings (SSSR count). The van der Waals surface area contributed by atoms with Gasteiger partial charge in [-0.3, -0.25) is 0 Å². The molecule has 0 radical (unpaired) electrons. The monoisotopic (exact) mass is 856 g/mol. The third-order valence-corrected chi connectivity index (χ3v) is 11.7. The van der Waals surface area contributed by atoms with Gasteiger partial charge in [-0.05, 0) is 107 Å². The van der Waals surface area contributed by atoms with E-state index in [9.17, 15) is 36.0 Å². The molecule has 0 spiro atoms. The van der Waals surface area contributed by atoms with E-state index in [0.29, 0.717) is 16.9 Å². The summed E-state index contributed by atoms with van der Waals surface area (Å²) in [6, 6.07) is 37.3. The lowest BCUT2D eigenvalue weighted by atomic mass is 10.1. The molecule has 0 bridgehead atoms. The van der Waals surface area contributed by atoms with E-state index in [1.165, 1.54) is 66.7 Å². The highest BCUT2D eigenvalue weighted by molar-refractivity contribution is 7.90. The first kappa shape index (κ1) is 41.2. The number of hydrogen-bond acceptors (Lipinski definition) is 8. The zero-order valence-electron chi connectivity index (χ0n) is 32.0. The maximum atomic E-state index is 13.2. The topological polar surface area (TPSA) is 233 Å². The second kappa shape index (κ2) is 17.5. The fourth-order valence-corrected chi connectivity index (χ4v) is 8.01. The molecule has 16 nitrogen and oxygen atoms in total. The number of anilines is 6. The van der Waals surface area contributed by atoms with Crippen LogP contribution < -0.4 is 41.3 Å². The van der Waals surface area contributed by atoms with Crippen LogP contribution in [0.3, 0.4) is 0 Å². The lowest BCUT2D eigenvalue weighted by Gasteiger charge is -2.14. The lowest BCUT2D eigenvalue weighted by molar-refractivity contribution is 0.255. The first-order valence-corrected chi connectivity index (χ1v) is 21.3. The van der Waals surface area contributed by atoms with E-state index in [0.717, 1.165) is 21.5 Å². The molecule has 0 saturated heterocycles. The Morgan fingerprint density at radius 3 is 1.21 bits per heavy atom. The molecule has 0 heterocycles. The molecule has 61 heavy (non-hydrogen) atoms. The van der Waals surface area contributed by atoms with Crippen LogP contribution in [0.5, 0.6) is 0 Å². The summed E-state index contributed by atoms with van der Waals surface area (Å²) < 4.78 is 56.5. The van der Waals surface area contributed by atoms with Gasteiger partial charge in [0.2, 0.25) is 0 Å². The Labute approximate surface area is 349 Å². The van der Waals surface area contributed by atoms with Gasteiger partial charge in [0.1, 0.15) is 0 Å². The number of hydrogen-bond donors (Lipinski definition) is 8. The van der Waals surface area contributed by atoms with Gasteiger partial charge in [-0.25, -0.2) is 45.5 Å². The molecule has 8 amide bonds. The molecule has 0 atom stereocenters. The number of benzene rings is 7. The number of nitrogens with one attached hydrogen (secondary N) is 8. The normalized spacial score (nSPS) is 11.2. The largest absolute Gasteiger partial charge is 0.333 e. The van der Waals surface area contributed by atoms with Crippen molar-refractivity contribution in [1.29, 1.82) is 0 Å². The Balaban J connectivity index is 0.927. The number of rotatable bonds is 10. The maximum absolute atomic E-state index is 13.2. The second-order valence-corrected chi connectivity index (χ2v) is 16.9. The van der Waals surface area contributed by atoms with E-state index in [1.807, 2.05) is 70.1 Å². The second-order valence-electron chi connectivity index (χ2n) is 13.5. The van der Waals surface area contributed by atoms with Crippen molar-refractivity contribution in [1.82, 2.24) is 9.44 Å². The van der Waals surface area contributed by atoms with Gasteiger partial charge < -0.3 is 31.9 Å². The summed E-state index contributed by atoms with van der Waals surface area (Å²) in [4.78, 5) is 50.6. The fourth-order valence-electron chi connectivity index (χ4n) is 6.10. The van der Waals surface area contributed by atoms with Crippen molar-refractivity contribution in [3.05, 3.63) is 157 Å². The highest BCUT2D eigenvalue weighted by Crippen LogP contribution is 2.24. The van der Waals surface area contributed by atoms with Crippen LogP contribution in [0.2, 0.25) is 0 Å². The minimum atomic E-state index is -4.45. The van der Waals surface area contributed by atoms with Gasteiger partial charge >= 0.3 is 24.1 Å². The SMILES string of the molecule is Cc1ccc(NC(=O)NS(=O)(=O)c2cccc(NC(=O)Nc3ccc4ccccc4c3)c2)cc1NC(=O)NS(=O)(=O)c1cccc(NC(=O)Nc2ccc3ccccc3c2)c1. The number of aryl methyl sites for hydroxylation is 1. The lowest BCUT2D eigenvalue weighted by Crippen LogP contribution is -2.35. The zero-order valence-corrected chi connectivity index (χ0v) is 33.6. The smallest absolute Gasteiger partial charge is 0.308 e. The molecule has 7 aromatic carbocycles. The number of carbonyl (C=O) groups excluding carboxylic acids is 4. The molecule has 18 heteroatoms. The Morgan fingerprint density at radius 2 is 0.738 bits per heavy atom. The molecule has 8 N–H and O–H groups in total. The van der Waals surface area contributed by atoms with E-state index in [1.54, 1.807) is 31.2 Å². The van der Waals surface area contributed by atoms with Crippen molar-refractivity contribution in [2.75, 3.05) is 31.9 Å². The summed E-state index contributed by atoms with van der Waals surface area (Å²) in [6.07, 6.45) is 0. The van der Waals surface area contributed by atoms with Gasteiger partial charge in [0, 0.05) is 34.1 Å². The number of amides is 8. The number of sulfonamides is 2. The van der Waals surface area contributed by atoms with E-state index in [4.69, 9.17) is 0 Å². The van der Waals surface area contributed by atoms with Crippen molar-refractivity contribution >= 4 is 99.8 Å². The standard InChI is InChI=1S/C43H36N8O8S2/c1-27-16-19-36(48-42(54)50-60(56,57)37-14-6-12-32(24-37)44-40(52)46-34-20-17-28-8-2-4-10-30(28)22-34)26-39(27)49-43(55)51-61(58,59)38-15-7-13-33(25-38)45-41(53)47-35-21-18-29-9-3-5-11-31(29)23-35/h2-26H,1H3,(H2,44,46,52)(H2,45,47,53)(H2,48,50,54)(H2,49,51,55). The number of carbonyl (C=O) groups is 4. The van der Waals surface area contributed by atoms with Crippen molar-refractivity contribution in [3.63, 3.8) is 0 Å². The van der Waals surface area contributed by atoms with Crippen molar-refractivity contribution < 1.29 is 36.0 Å². The molecule has 0 aliphatic rings. The molecular weight excluding hydrogens is 821 g/mol. The third kappa shape index (κ3) is 10.6. The minimum absolute atomic E-state index is 0.0537. The average Bonchev–Trinajstić information content (AvgIpc) is 3.21. The van der Waals surface area contributed by atoms with Gasteiger partial charge in [-0.15, -0.1) is 0 Å². The quantitative estimate of drug-likeness (QED) is 0.0662. The van der Waals surface area contributed by atoms with Crippen molar-refractivity contribution in [3.8, 4) is 0 Å². The highest BCUT2D eigenvalue weighted by atomic mass is 32.2. The van der Waals surface area contributed by atoms with Gasteiger partial charge in [0.25, 0.3) is 20.0 Å². The minimum Gasteiger partial charge on any atom is -0.308 e. The summed E-state index contributed by atoms with van der Waals surface area (Å²) in [5, 5.41) is 19.2. The van der Waals surface area contributed by atoms with Crippen LogP contribution >= 0.6 is 0 Å². The molecule has 0 aliphatic heterocycles. The molecule has 0 saturated carbocycles. The Morgan fingerprint density at radius 1 is 0.361 bits per heavy atom. The first-order valence-electron chi connectivity index (χ1n) is 18.3. The predicted molar refractivity (Wildman–Crippen MR) is 236 cm³/mol. The van der Waals surface area contributed by atoms with E-state index >= 15 is 0 Å². The predicted octanol–water partition coefficient (Wildman–Crippen LogP) is 8.61. The van der Waals surface area contributed by atoms with Crippen LogP contribution in [0.1, 0.15) is 5.56 Å².